The highest BCUT2D eigenvalue weighted by Crippen LogP contribution is 2.26. The highest BCUT2D eigenvalue weighted by molar-refractivity contribution is 5.99. The number of furan rings is 1. The van der Waals surface area contributed by atoms with Gasteiger partial charge in [0.2, 0.25) is 0 Å². The van der Waals surface area contributed by atoms with Crippen LogP contribution in [0.15, 0.2) is 83.6 Å². The van der Waals surface area contributed by atoms with Gasteiger partial charge < -0.3 is 14.1 Å². The Morgan fingerprint density at radius 2 is 1.83 bits per heavy atom. The maximum absolute atomic E-state index is 13.3. The van der Waals surface area contributed by atoms with Crippen LogP contribution in [0.1, 0.15) is 21.7 Å². The van der Waals surface area contributed by atoms with Crippen molar-refractivity contribution in [2.24, 2.45) is 0 Å². The molecule has 0 fully saturated rings. The first-order chi connectivity index (χ1) is 14.6. The lowest BCUT2D eigenvalue weighted by molar-refractivity contribution is 0.0776. The highest BCUT2D eigenvalue weighted by atomic mass is 16.5. The molecule has 4 aromatic rings. The SMILES string of the molecule is COc1ccc(-c2nn(Cc3ccccc3)cc2C(=O)N(C)Cc2ccco2)cc1. The number of hydrogen-bond donors (Lipinski definition) is 0. The van der Waals surface area contributed by atoms with Crippen LogP contribution in [-0.2, 0) is 13.1 Å². The van der Waals surface area contributed by atoms with Crippen LogP contribution in [0, 0.1) is 0 Å². The molecule has 4 rings (SSSR count). The summed E-state index contributed by atoms with van der Waals surface area (Å²) in [5.74, 6) is 1.37. The maximum atomic E-state index is 13.3. The lowest BCUT2D eigenvalue weighted by Gasteiger charge is -2.15. The van der Waals surface area contributed by atoms with Crippen molar-refractivity contribution in [1.82, 2.24) is 14.7 Å². The summed E-state index contributed by atoms with van der Waals surface area (Å²) >= 11 is 0. The van der Waals surface area contributed by atoms with Gasteiger partial charge in [0.25, 0.3) is 5.91 Å². The Hall–Kier alpha value is -3.80. The molecule has 2 aromatic heterocycles. The fourth-order valence-corrected chi connectivity index (χ4v) is 3.31. The van der Waals surface area contributed by atoms with Gasteiger partial charge in [-0.25, -0.2) is 0 Å². The normalized spacial score (nSPS) is 10.7. The van der Waals surface area contributed by atoms with Gasteiger partial charge in [-0.3, -0.25) is 9.48 Å². The van der Waals surface area contributed by atoms with Crippen LogP contribution in [0.25, 0.3) is 11.3 Å². The first-order valence-electron chi connectivity index (χ1n) is 9.67. The summed E-state index contributed by atoms with van der Waals surface area (Å²) in [6.07, 6.45) is 3.42. The molecule has 152 valence electrons. The topological polar surface area (TPSA) is 60.5 Å². The Morgan fingerprint density at radius 1 is 1.07 bits per heavy atom. The predicted molar refractivity (Wildman–Crippen MR) is 114 cm³/mol. The standard InChI is InChI=1S/C24H23N3O3/c1-26(16-21-9-6-14-30-21)24(28)22-17-27(15-18-7-4-3-5-8-18)25-23(22)19-10-12-20(29-2)13-11-19/h3-14,17H,15-16H2,1-2H3. The first-order valence-corrected chi connectivity index (χ1v) is 9.67. The van der Waals surface area contributed by atoms with Crippen LogP contribution >= 0.6 is 0 Å². The molecule has 0 spiro atoms. The summed E-state index contributed by atoms with van der Waals surface area (Å²) in [7, 11) is 3.39. The van der Waals surface area contributed by atoms with Gasteiger partial charge in [-0.15, -0.1) is 0 Å². The Morgan fingerprint density at radius 3 is 2.50 bits per heavy atom. The summed E-state index contributed by atoms with van der Waals surface area (Å²) in [6.45, 7) is 0.969. The summed E-state index contributed by atoms with van der Waals surface area (Å²) in [5.41, 5.74) is 3.16. The van der Waals surface area contributed by atoms with E-state index in [1.165, 1.54) is 0 Å². The Bertz CT molecular complexity index is 1100. The molecule has 2 heterocycles. The predicted octanol–water partition coefficient (Wildman–Crippen LogP) is 4.47. The van der Waals surface area contributed by atoms with Gasteiger partial charge in [0.1, 0.15) is 17.2 Å². The molecule has 0 aliphatic heterocycles. The number of hydrogen-bond acceptors (Lipinski definition) is 4. The Kier molecular flexibility index (Phi) is 5.66. The Labute approximate surface area is 175 Å². The third kappa shape index (κ3) is 4.27. The van der Waals surface area contributed by atoms with E-state index in [1.54, 1.807) is 25.3 Å². The molecule has 0 atom stereocenters. The van der Waals surface area contributed by atoms with Gasteiger partial charge in [0.05, 0.1) is 32.0 Å². The van der Waals surface area contributed by atoms with E-state index >= 15 is 0 Å². The van der Waals surface area contributed by atoms with E-state index in [4.69, 9.17) is 14.3 Å². The van der Waals surface area contributed by atoms with Crippen molar-refractivity contribution >= 4 is 5.91 Å². The minimum Gasteiger partial charge on any atom is -0.497 e. The van der Waals surface area contributed by atoms with Crippen molar-refractivity contribution in [2.75, 3.05) is 14.2 Å². The van der Waals surface area contributed by atoms with E-state index in [0.717, 1.165) is 22.6 Å². The summed E-state index contributed by atoms with van der Waals surface area (Å²) < 4.78 is 12.4. The molecule has 0 radical (unpaired) electrons. The fourth-order valence-electron chi connectivity index (χ4n) is 3.31. The number of nitrogens with zero attached hydrogens (tertiary/aromatic N) is 3. The van der Waals surface area contributed by atoms with Crippen molar-refractivity contribution in [3.05, 3.63) is 96.1 Å². The second kappa shape index (κ2) is 8.69. The molecule has 30 heavy (non-hydrogen) atoms. The van der Waals surface area contributed by atoms with Crippen molar-refractivity contribution in [2.45, 2.75) is 13.1 Å². The molecule has 0 unspecified atom stereocenters. The number of rotatable bonds is 7. The van der Waals surface area contributed by atoms with E-state index < -0.39 is 0 Å². The number of amides is 1. The first kappa shape index (κ1) is 19.5. The van der Waals surface area contributed by atoms with Crippen molar-refractivity contribution in [3.8, 4) is 17.0 Å². The fraction of sp³-hybridized carbons (Fsp3) is 0.167. The summed E-state index contributed by atoms with van der Waals surface area (Å²) in [5, 5.41) is 4.74. The van der Waals surface area contributed by atoms with E-state index in [2.05, 4.69) is 0 Å². The van der Waals surface area contributed by atoms with Crippen LogP contribution < -0.4 is 4.74 Å². The van der Waals surface area contributed by atoms with Gasteiger partial charge in [-0.2, -0.15) is 5.10 Å². The molecule has 0 saturated heterocycles. The molecule has 1 amide bonds. The molecule has 6 nitrogen and oxygen atoms in total. The number of benzene rings is 2. The van der Waals surface area contributed by atoms with Crippen LogP contribution in [0.2, 0.25) is 0 Å². The molecule has 0 saturated carbocycles. The lowest BCUT2D eigenvalue weighted by Crippen LogP contribution is -2.26. The van der Waals surface area contributed by atoms with Crippen molar-refractivity contribution in [1.29, 1.82) is 0 Å². The van der Waals surface area contributed by atoms with E-state index in [-0.39, 0.29) is 5.91 Å². The molecule has 6 heteroatoms. The molecule has 0 N–H and O–H groups in total. The van der Waals surface area contributed by atoms with Gasteiger partial charge in [0, 0.05) is 18.8 Å². The minimum atomic E-state index is -0.114. The smallest absolute Gasteiger partial charge is 0.257 e. The van der Waals surface area contributed by atoms with E-state index in [0.29, 0.717) is 24.3 Å². The highest BCUT2D eigenvalue weighted by Gasteiger charge is 2.22. The number of methoxy groups -OCH3 is 1. The summed E-state index contributed by atoms with van der Waals surface area (Å²) in [4.78, 5) is 14.9. The molecule has 0 aliphatic carbocycles. The number of aromatic nitrogens is 2. The zero-order valence-electron chi connectivity index (χ0n) is 17.0. The molecule has 0 aliphatic rings. The Balaban J connectivity index is 1.67. The van der Waals surface area contributed by atoms with Gasteiger partial charge in [-0.05, 0) is 42.0 Å². The van der Waals surface area contributed by atoms with Crippen LogP contribution in [0.3, 0.4) is 0 Å². The average Bonchev–Trinajstić information content (AvgIpc) is 3.44. The number of ether oxygens (including phenoxy) is 1. The minimum absolute atomic E-state index is 0.114. The van der Waals surface area contributed by atoms with Gasteiger partial charge in [-0.1, -0.05) is 30.3 Å². The largest absolute Gasteiger partial charge is 0.497 e. The zero-order chi connectivity index (χ0) is 20.9. The molecule has 0 bridgehead atoms. The third-order valence-electron chi connectivity index (χ3n) is 4.86. The van der Waals surface area contributed by atoms with Crippen LogP contribution in [-0.4, -0.2) is 34.7 Å². The van der Waals surface area contributed by atoms with Crippen molar-refractivity contribution in [3.63, 3.8) is 0 Å². The van der Waals surface area contributed by atoms with Crippen molar-refractivity contribution < 1.29 is 13.9 Å². The lowest BCUT2D eigenvalue weighted by atomic mass is 10.1. The van der Waals surface area contributed by atoms with E-state index in [9.17, 15) is 4.79 Å². The number of carbonyl (C=O) groups is 1. The maximum Gasteiger partial charge on any atom is 0.257 e. The van der Waals surface area contributed by atoms with E-state index in [1.807, 2.05) is 77.6 Å². The molecular formula is C24H23N3O3. The second-order valence-electron chi connectivity index (χ2n) is 7.04. The monoisotopic (exact) mass is 401 g/mol. The summed E-state index contributed by atoms with van der Waals surface area (Å²) in [6, 6.07) is 21.3. The quantitative estimate of drug-likeness (QED) is 0.458. The van der Waals surface area contributed by atoms with Crippen LogP contribution in [0.4, 0.5) is 0 Å². The molecule has 2 aromatic carbocycles. The van der Waals surface area contributed by atoms with Crippen LogP contribution in [0.5, 0.6) is 5.75 Å². The number of carbonyl (C=O) groups excluding carboxylic acids is 1. The zero-order valence-corrected chi connectivity index (χ0v) is 17.0. The second-order valence-corrected chi connectivity index (χ2v) is 7.04. The van der Waals surface area contributed by atoms with Gasteiger partial charge >= 0.3 is 0 Å². The molecular weight excluding hydrogens is 378 g/mol. The van der Waals surface area contributed by atoms with Gasteiger partial charge in [0.15, 0.2) is 0 Å². The third-order valence-corrected chi connectivity index (χ3v) is 4.86. The average molecular weight is 401 g/mol.